The standard InChI is InChI=1S/C10H18O/c1-9(2)5-4-6-10(3)7-8-11/h4,6-7,9,11H,5,8H2,1-3H3/b6-4+,10-7+. The van der Waals surface area contributed by atoms with E-state index in [0.29, 0.717) is 5.92 Å². The molecule has 0 aromatic carbocycles. The van der Waals surface area contributed by atoms with E-state index in [2.05, 4.69) is 26.0 Å². The highest BCUT2D eigenvalue weighted by molar-refractivity contribution is 5.15. The van der Waals surface area contributed by atoms with E-state index in [-0.39, 0.29) is 6.61 Å². The first-order chi connectivity index (χ1) is 5.16. The second-order valence-corrected chi connectivity index (χ2v) is 3.16. The van der Waals surface area contributed by atoms with E-state index in [9.17, 15) is 0 Å². The van der Waals surface area contributed by atoms with Crippen LogP contribution in [0.5, 0.6) is 0 Å². The summed E-state index contributed by atoms with van der Waals surface area (Å²) in [6.45, 7) is 6.51. The minimum absolute atomic E-state index is 0.137. The fourth-order valence-corrected chi connectivity index (χ4v) is 0.738. The van der Waals surface area contributed by atoms with Gasteiger partial charge >= 0.3 is 0 Å². The molecule has 11 heavy (non-hydrogen) atoms. The molecule has 1 heteroatoms. The van der Waals surface area contributed by atoms with Gasteiger partial charge in [-0.3, -0.25) is 0 Å². The quantitative estimate of drug-likeness (QED) is 0.617. The van der Waals surface area contributed by atoms with Crippen LogP contribution >= 0.6 is 0 Å². The Bertz CT molecular complexity index is 143. The van der Waals surface area contributed by atoms with E-state index in [4.69, 9.17) is 5.11 Å². The van der Waals surface area contributed by atoms with Crippen molar-refractivity contribution in [2.45, 2.75) is 27.2 Å². The van der Waals surface area contributed by atoms with Crippen molar-refractivity contribution in [3.05, 3.63) is 23.8 Å². The molecule has 0 atom stereocenters. The van der Waals surface area contributed by atoms with E-state index >= 15 is 0 Å². The van der Waals surface area contributed by atoms with Crippen LogP contribution in [0.4, 0.5) is 0 Å². The summed E-state index contributed by atoms with van der Waals surface area (Å²) >= 11 is 0. The average Bonchev–Trinajstić information content (AvgIpc) is 1.87. The van der Waals surface area contributed by atoms with Gasteiger partial charge in [-0.25, -0.2) is 0 Å². The number of allylic oxidation sites excluding steroid dienone is 3. The summed E-state index contributed by atoms with van der Waals surface area (Å²) in [6.07, 6.45) is 7.11. The van der Waals surface area contributed by atoms with Gasteiger partial charge in [-0.2, -0.15) is 0 Å². The van der Waals surface area contributed by atoms with Gasteiger partial charge in [0, 0.05) is 0 Å². The minimum Gasteiger partial charge on any atom is -0.392 e. The number of rotatable bonds is 4. The van der Waals surface area contributed by atoms with Crippen LogP contribution in [0.1, 0.15) is 27.2 Å². The molecule has 0 rings (SSSR count). The lowest BCUT2D eigenvalue weighted by molar-refractivity contribution is 0.342. The van der Waals surface area contributed by atoms with Crippen LogP contribution in [0, 0.1) is 5.92 Å². The molecule has 0 aromatic rings. The summed E-state index contributed by atoms with van der Waals surface area (Å²) in [5, 5.41) is 8.53. The maximum Gasteiger partial charge on any atom is 0.0617 e. The van der Waals surface area contributed by atoms with E-state index in [1.807, 2.05) is 6.92 Å². The van der Waals surface area contributed by atoms with Crippen LogP contribution in [-0.2, 0) is 0 Å². The predicted octanol–water partition coefficient (Wildman–Crippen LogP) is 2.53. The highest BCUT2D eigenvalue weighted by Crippen LogP contribution is 2.02. The first kappa shape index (κ1) is 10.4. The second-order valence-electron chi connectivity index (χ2n) is 3.16. The molecule has 0 bridgehead atoms. The van der Waals surface area contributed by atoms with Crippen LogP contribution in [0.3, 0.4) is 0 Å². The van der Waals surface area contributed by atoms with E-state index in [0.717, 1.165) is 12.0 Å². The van der Waals surface area contributed by atoms with Gasteiger partial charge in [-0.1, -0.05) is 37.6 Å². The zero-order chi connectivity index (χ0) is 8.69. The molecule has 1 N–H and O–H groups in total. The molecule has 64 valence electrons. The summed E-state index contributed by atoms with van der Waals surface area (Å²) < 4.78 is 0. The molecule has 0 unspecified atom stereocenters. The zero-order valence-electron chi connectivity index (χ0n) is 7.67. The third-order valence-corrected chi connectivity index (χ3v) is 1.40. The maximum atomic E-state index is 8.53. The van der Waals surface area contributed by atoms with E-state index in [1.165, 1.54) is 0 Å². The summed E-state index contributed by atoms with van der Waals surface area (Å²) in [6, 6.07) is 0. The number of hydrogen-bond donors (Lipinski definition) is 1. The molecule has 1 nitrogen and oxygen atoms in total. The maximum absolute atomic E-state index is 8.53. The van der Waals surface area contributed by atoms with Gasteiger partial charge in [0.2, 0.25) is 0 Å². The first-order valence-corrected chi connectivity index (χ1v) is 4.11. The second kappa shape index (κ2) is 6.17. The molecule has 0 fully saturated rings. The summed E-state index contributed by atoms with van der Waals surface area (Å²) in [5.41, 5.74) is 1.13. The monoisotopic (exact) mass is 154 g/mol. The van der Waals surface area contributed by atoms with Gasteiger partial charge in [0.15, 0.2) is 0 Å². The SMILES string of the molecule is CC(/C=C/CC(C)C)=C\CO. The molecule has 0 aliphatic carbocycles. The smallest absolute Gasteiger partial charge is 0.0617 e. The normalized spacial score (nSPS) is 13.4. The first-order valence-electron chi connectivity index (χ1n) is 4.11. The van der Waals surface area contributed by atoms with Crippen molar-refractivity contribution < 1.29 is 5.11 Å². The lowest BCUT2D eigenvalue weighted by Crippen LogP contribution is -1.82. The Labute approximate surface area is 69.4 Å². The molecule has 0 saturated carbocycles. The van der Waals surface area contributed by atoms with Crippen LogP contribution < -0.4 is 0 Å². The van der Waals surface area contributed by atoms with Crippen molar-refractivity contribution in [3.63, 3.8) is 0 Å². The number of aliphatic hydroxyl groups excluding tert-OH is 1. The van der Waals surface area contributed by atoms with Crippen molar-refractivity contribution in [3.8, 4) is 0 Å². The van der Waals surface area contributed by atoms with Gasteiger partial charge in [-0.15, -0.1) is 0 Å². The molecule has 0 amide bonds. The third-order valence-electron chi connectivity index (χ3n) is 1.40. The third kappa shape index (κ3) is 7.34. The van der Waals surface area contributed by atoms with Gasteiger partial charge in [0.25, 0.3) is 0 Å². The molecule has 0 aliphatic heterocycles. The van der Waals surface area contributed by atoms with Crippen LogP contribution in [0.2, 0.25) is 0 Å². The number of aliphatic hydroxyl groups is 1. The van der Waals surface area contributed by atoms with Gasteiger partial charge in [0.1, 0.15) is 0 Å². The Morgan fingerprint density at radius 3 is 2.55 bits per heavy atom. The molecule has 0 saturated heterocycles. The van der Waals surface area contributed by atoms with Gasteiger partial charge in [-0.05, 0) is 19.3 Å². The molecule has 0 spiro atoms. The van der Waals surface area contributed by atoms with Crippen molar-refractivity contribution in [1.29, 1.82) is 0 Å². The molecule has 0 aromatic heterocycles. The Hall–Kier alpha value is -0.560. The molecular weight excluding hydrogens is 136 g/mol. The van der Waals surface area contributed by atoms with Crippen LogP contribution in [-0.4, -0.2) is 11.7 Å². The highest BCUT2D eigenvalue weighted by atomic mass is 16.2. The minimum atomic E-state index is 0.137. The van der Waals surface area contributed by atoms with Crippen LogP contribution in [0.25, 0.3) is 0 Å². The Balaban J connectivity index is 3.65. The van der Waals surface area contributed by atoms with Crippen molar-refractivity contribution in [2.24, 2.45) is 5.92 Å². The summed E-state index contributed by atoms with van der Waals surface area (Å²) in [5.74, 6) is 0.716. The van der Waals surface area contributed by atoms with Crippen molar-refractivity contribution in [2.75, 3.05) is 6.61 Å². The average molecular weight is 154 g/mol. The van der Waals surface area contributed by atoms with Crippen molar-refractivity contribution >= 4 is 0 Å². The largest absolute Gasteiger partial charge is 0.392 e. The van der Waals surface area contributed by atoms with E-state index in [1.54, 1.807) is 6.08 Å². The van der Waals surface area contributed by atoms with Crippen LogP contribution in [0.15, 0.2) is 23.8 Å². The topological polar surface area (TPSA) is 20.2 Å². The Kier molecular flexibility index (Phi) is 5.86. The Morgan fingerprint density at radius 1 is 1.45 bits per heavy atom. The Morgan fingerprint density at radius 2 is 2.09 bits per heavy atom. The lowest BCUT2D eigenvalue weighted by atomic mass is 10.1. The molecule has 0 aliphatic rings. The molecular formula is C10H18O. The van der Waals surface area contributed by atoms with Gasteiger partial charge in [0.05, 0.1) is 6.61 Å². The zero-order valence-corrected chi connectivity index (χ0v) is 7.67. The fraction of sp³-hybridized carbons (Fsp3) is 0.600. The van der Waals surface area contributed by atoms with Crippen molar-refractivity contribution in [1.82, 2.24) is 0 Å². The molecule has 0 radical (unpaired) electrons. The van der Waals surface area contributed by atoms with Gasteiger partial charge < -0.3 is 5.11 Å². The number of hydrogen-bond acceptors (Lipinski definition) is 1. The summed E-state index contributed by atoms with van der Waals surface area (Å²) in [7, 11) is 0. The molecule has 0 heterocycles. The summed E-state index contributed by atoms with van der Waals surface area (Å²) in [4.78, 5) is 0. The van der Waals surface area contributed by atoms with E-state index < -0.39 is 0 Å². The lowest BCUT2D eigenvalue weighted by Gasteiger charge is -1.96. The predicted molar refractivity (Wildman–Crippen MR) is 49.4 cm³/mol. The highest BCUT2D eigenvalue weighted by Gasteiger charge is 1.86. The fourth-order valence-electron chi connectivity index (χ4n) is 0.738.